The molecule has 1 aliphatic rings. The molecule has 3 aromatic rings. The van der Waals surface area contributed by atoms with Gasteiger partial charge in [0.05, 0.1) is 0 Å². The van der Waals surface area contributed by atoms with E-state index < -0.39 is 0 Å². The lowest BCUT2D eigenvalue weighted by Gasteiger charge is -2.11. The van der Waals surface area contributed by atoms with Crippen molar-refractivity contribution >= 4 is 0 Å². The molecule has 0 unspecified atom stereocenters. The van der Waals surface area contributed by atoms with E-state index in [1.165, 1.54) is 19.3 Å². The van der Waals surface area contributed by atoms with Crippen LogP contribution in [-0.4, -0.2) is 19.5 Å². The predicted octanol–water partition coefficient (Wildman–Crippen LogP) is 3.75. The number of rotatable bonds is 5. The standard InChI is InChI=1S/C23H26N4O/c1-16-13-25-22(26-14-16)12-18-6-5-17(10-18)11-20-8-7-19(15-24-20)21-4-3-9-27(2)23(21)28/h3-4,7-9,13-15,17-18H,5-6,10-12H2,1-2H3/t17-,18-/m0/s1. The van der Waals surface area contributed by atoms with Crippen molar-refractivity contribution in [2.45, 2.75) is 39.0 Å². The summed E-state index contributed by atoms with van der Waals surface area (Å²) in [5.74, 6) is 2.29. The topological polar surface area (TPSA) is 60.7 Å². The molecule has 0 amide bonds. The Kier molecular flexibility index (Phi) is 5.33. The molecule has 5 nitrogen and oxygen atoms in total. The summed E-state index contributed by atoms with van der Waals surface area (Å²) in [6, 6.07) is 7.83. The monoisotopic (exact) mass is 374 g/mol. The molecule has 28 heavy (non-hydrogen) atoms. The number of nitrogens with zero attached hydrogens (tertiary/aromatic N) is 4. The number of aromatic nitrogens is 4. The molecule has 0 saturated heterocycles. The average molecular weight is 374 g/mol. The number of hydrogen-bond donors (Lipinski definition) is 0. The zero-order valence-corrected chi connectivity index (χ0v) is 16.5. The molecule has 1 saturated carbocycles. The molecule has 0 N–H and O–H groups in total. The van der Waals surface area contributed by atoms with Crippen LogP contribution in [0.3, 0.4) is 0 Å². The SMILES string of the molecule is Cc1cnc(C[C@H]2CC[C@H](Cc3ccc(-c4cccn(C)c4=O)cn3)C2)nc1. The van der Waals surface area contributed by atoms with Gasteiger partial charge in [0.2, 0.25) is 0 Å². The van der Waals surface area contributed by atoms with Crippen LogP contribution in [0.2, 0.25) is 0 Å². The van der Waals surface area contributed by atoms with Gasteiger partial charge in [-0.1, -0.05) is 6.07 Å². The van der Waals surface area contributed by atoms with Gasteiger partial charge in [-0.05, 0) is 68.2 Å². The first kappa shape index (κ1) is 18.5. The Bertz CT molecular complexity index is 992. The molecule has 2 atom stereocenters. The highest BCUT2D eigenvalue weighted by Gasteiger charge is 2.26. The molecule has 4 rings (SSSR count). The summed E-state index contributed by atoms with van der Waals surface area (Å²) in [6.07, 6.45) is 13.1. The van der Waals surface area contributed by atoms with Gasteiger partial charge in [0.25, 0.3) is 5.56 Å². The van der Waals surface area contributed by atoms with Crippen LogP contribution in [0.15, 0.2) is 53.8 Å². The van der Waals surface area contributed by atoms with Gasteiger partial charge in [-0.2, -0.15) is 0 Å². The average Bonchev–Trinajstić information content (AvgIpc) is 3.13. The maximum Gasteiger partial charge on any atom is 0.258 e. The van der Waals surface area contributed by atoms with Crippen LogP contribution >= 0.6 is 0 Å². The van der Waals surface area contributed by atoms with Crippen LogP contribution < -0.4 is 5.56 Å². The van der Waals surface area contributed by atoms with Crippen molar-refractivity contribution in [2.24, 2.45) is 18.9 Å². The molecule has 3 heterocycles. The lowest BCUT2D eigenvalue weighted by atomic mass is 9.97. The van der Waals surface area contributed by atoms with Crippen LogP contribution in [0.4, 0.5) is 0 Å². The molecule has 0 aromatic carbocycles. The Morgan fingerprint density at radius 3 is 2.46 bits per heavy atom. The van der Waals surface area contributed by atoms with Gasteiger partial charge >= 0.3 is 0 Å². The zero-order valence-electron chi connectivity index (χ0n) is 16.5. The van der Waals surface area contributed by atoms with Crippen molar-refractivity contribution < 1.29 is 0 Å². The van der Waals surface area contributed by atoms with Gasteiger partial charge in [0, 0.05) is 55.1 Å². The van der Waals surface area contributed by atoms with Gasteiger partial charge in [-0.15, -0.1) is 0 Å². The molecule has 0 spiro atoms. The molecular formula is C23H26N4O. The van der Waals surface area contributed by atoms with Crippen LogP contribution in [0.25, 0.3) is 11.1 Å². The summed E-state index contributed by atoms with van der Waals surface area (Å²) in [5.41, 5.74) is 3.80. The number of pyridine rings is 2. The molecule has 5 heteroatoms. The first-order valence-corrected chi connectivity index (χ1v) is 9.97. The minimum absolute atomic E-state index is 0.00834. The molecule has 0 bridgehead atoms. The van der Waals surface area contributed by atoms with Crippen LogP contribution in [0.5, 0.6) is 0 Å². The second-order valence-corrected chi connectivity index (χ2v) is 8.01. The Labute approximate surface area is 165 Å². The minimum Gasteiger partial charge on any atom is -0.318 e. The van der Waals surface area contributed by atoms with Crippen LogP contribution in [-0.2, 0) is 19.9 Å². The molecule has 144 valence electrons. The molecule has 0 aliphatic heterocycles. The second kappa shape index (κ2) is 8.05. The lowest BCUT2D eigenvalue weighted by molar-refractivity contribution is 0.476. The first-order chi connectivity index (χ1) is 13.6. The second-order valence-electron chi connectivity index (χ2n) is 8.01. The van der Waals surface area contributed by atoms with E-state index in [2.05, 4.69) is 21.0 Å². The minimum atomic E-state index is 0.00834. The summed E-state index contributed by atoms with van der Waals surface area (Å²) >= 11 is 0. The Morgan fingerprint density at radius 2 is 1.75 bits per heavy atom. The third-order valence-corrected chi connectivity index (χ3v) is 5.71. The molecule has 1 aliphatic carbocycles. The fourth-order valence-corrected chi connectivity index (χ4v) is 4.15. The summed E-state index contributed by atoms with van der Waals surface area (Å²) in [5, 5.41) is 0. The van der Waals surface area contributed by atoms with Gasteiger partial charge in [0.15, 0.2) is 0 Å². The summed E-state index contributed by atoms with van der Waals surface area (Å²) in [4.78, 5) is 25.8. The van der Waals surface area contributed by atoms with Crippen LogP contribution in [0, 0.1) is 18.8 Å². The summed E-state index contributed by atoms with van der Waals surface area (Å²) in [7, 11) is 1.77. The van der Waals surface area contributed by atoms with Gasteiger partial charge in [0.1, 0.15) is 5.82 Å². The highest BCUT2D eigenvalue weighted by atomic mass is 16.1. The molecule has 1 fully saturated rings. The van der Waals surface area contributed by atoms with E-state index in [1.807, 2.05) is 43.7 Å². The smallest absolute Gasteiger partial charge is 0.258 e. The van der Waals surface area contributed by atoms with Crippen LogP contribution in [0.1, 0.15) is 36.3 Å². The Balaban J connectivity index is 1.37. The Morgan fingerprint density at radius 1 is 1.00 bits per heavy atom. The predicted molar refractivity (Wildman–Crippen MR) is 110 cm³/mol. The normalized spacial score (nSPS) is 19.1. The maximum absolute atomic E-state index is 12.3. The maximum atomic E-state index is 12.3. The number of aryl methyl sites for hydroxylation is 2. The fourth-order valence-electron chi connectivity index (χ4n) is 4.15. The van der Waals surface area contributed by atoms with E-state index in [1.54, 1.807) is 17.8 Å². The van der Waals surface area contributed by atoms with E-state index in [0.29, 0.717) is 17.4 Å². The van der Waals surface area contributed by atoms with E-state index in [9.17, 15) is 4.79 Å². The highest BCUT2D eigenvalue weighted by Crippen LogP contribution is 2.34. The van der Waals surface area contributed by atoms with Crippen molar-refractivity contribution in [1.29, 1.82) is 0 Å². The van der Waals surface area contributed by atoms with Crippen molar-refractivity contribution in [3.05, 3.63) is 76.5 Å². The zero-order chi connectivity index (χ0) is 19.5. The quantitative estimate of drug-likeness (QED) is 0.682. The highest BCUT2D eigenvalue weighted by molar-refractivity contribution is 5.61. The fraction of sp³-hybridized carbons (Fsp3) is 0.391. The largest absolute Gasteiger partial charge is 0.318 e. The van der Waals surface area contributed by atoms with Crippen molar-refractivity contribution in [3.63, 3.8) is 0 Å². The summed E-state index contributed by atoms with van der Waals surface area (Å²) < 4.78 is 1.60. The summed E-state index contributed by atoms with van der Waals surface area (Å²) in [6.45, 7) is 2.02. The Hall–Kier alpha value is -2.82. The van der Waals surface area contributed by atoms with Crippen molar-refractivity contribution in [3.8, 4) is 11.1 Å². The molecule has 3 aromatic heterocycles. The molecule has 0 radical (unpaired) electrons. The van der Waals surface area contributed by atoms with Gasteiger partial charge in [-0.3, -0.25) is 9.78 Å². The van der Waals surface area contributed by atoms with Gasteiger partial charge < -0.3 is 4.57 Å². The third-order valence-electron chi connectivity index (χ3n) is 5.71. The van der Waals surface area contributed by atoms with Gasteiger partial charge in [-0.25, -0.2) is 9.97 Å². The third kappa shape index (κ3) is 4.19. The molecular weight excluding hydrogens is 348 g/mol. The first-order valence-electron chi connectivity index (χ1n) is 9.97. The van der Waals surface area contributed by atoms with E-state index in [-0.39, 0.29) is 5.56 Å². The van der Waals surface area contributed by atoms with Crippen molar-refractivity contribution in [1.82, 2.24) is 19.5 Å². The van der Waals surface area contributed by atoms with E-state index in [0.717, 1.165) is 35.5 Å². The lowest BCUT2D eigenvalue weighted by Crippen LogP contribution is -2.17. The van der Waals surface area contributed by atoms with E-state index in [4.69, 9.17) is 0 Å². The van der Waals surface area contributed by atoms with Crippen molar-refractivity contribution in [2.75, 3.05) is 0 Å². The number of hydrogen-bond acceptors (Lipinski definition) is 4. The van der Waals surface area contributed by atoms with E-state index >= 15 is 0 Å².